The predicted octanol–water partition coefficient (Wildman–Crippen LogP) is 1.66. The minimum Gasteiger partial charge on any atom is -0.494 e. The first kappa shape index (κ1) is 14.8. The molecule has 1 aliphatic rings. The summed E-state index contributed by atoms with van der Waals surface area (Å²) < 4.78 is 18.3. The van der Waals surface area contributed by atoms with Gasteiger partial charge in [-0.05, 0) is 37.0 Å². The molecule has 0 heterocycles. The average molecular weight is 281 g/mol. The number of amides is 1. The summed E-state index contributed by atoms with van der Waals surface area (Å²) in [7, 11) is 1.42. The van der Waals surface area contributed by atoms with Crippen molar-refractivity contribution in [1.82, 2.24) is 5.32 Å². The summed E-state index contributed by atoms with van der Waals surface area (Å²) >= 11 is 0. The van der Waals surface area contributed by atoms with E-state index in [4.69, 9.17) is 9.84 Å². The lowest BCUT2D eigenvalue weighted by molar-refractivity contribution is -0.121. The minimum atomic E-state index is -0.414. The first-order valence-corrected chi connectivity index (χ1v) is 6.78. The van der Waals surface area contributed by atoms with Crippen molar-refractivity contribution >= 4 is 5.91 Å². The van der Waals surface area contributed by atoms with E-state index < -0.39 is 5.82 Å². The largest absolute Gasteiger partial charge is 0.494 e. The number of halogens is 1. The molecule has 1 fully saturated rings. The quantitative estimate of drug-likeness (QED) is 0.799. The van der Waals surface area contributed by atoms with Gasteiger partial charge in [-0.2, -0.15) is 0 Å². The Morgan fingerprint density at radius 1 is 1.50 bits per heavy atom. The van der Waals surface area contributed by atoms with Crippen LogP contribution >= 0.6 is 0 Å². The number of nitrogens with one attached hydrogen (secondary N) is 1. The van der Waals surface area contributed by atoms with Crippen LogP contribution in [0.1, 0.15) is 24.8 Å². The van der Waals surface area contributed by atoms with E-state index in [1.54, 1.807) is 12.1 Å². The molecular formula is C15H20FNO3. The number of aliphatic hydroxyl groups is 1. The summed E-state index contributed by atoms with van der Waals surface area (Å²) in [4.78, 5) is 11.7. The van der Waals surface area contributed by atoms with E-state index in [1.165, 1.54) is 13.2 Å². The number of rotatable bonds is 7. The minimum absolute atomic E-state index is 0.0686. The van der Waals surface area contributed by atoms with Gasteiger partial charge < -0.3 is 15.2 Å². The van der Waals surface area contributed by atoms with Gasteiger partial charge in [-0.15, -0.1) is 0 Å². The third-order valence-corrected chi connectivity index (χ3v) is 3.81. The van der Waals surface area contributed by atoms with Gasteiger partial charge in [0.05, 0.1) is 13.7 Å². The highest BCUT2D eigenvalue weighted by Crippen LogP contribution is 2.44. The fraction of sp³-hybridized carbons (Fsp3) is 0.533. The lowest BCUT2D eigenvalue weighted by Crippen LogP contribution is -2.31. The van der Waals surface area contributed by atoms with E-state index in [-0.39, 0.29) is 23.7 Å². The molecule has 5 heteroatoms. The molecule has 1 aromatic rings. The van der Waals surface area contributed by atoms with Crippen LogP contribution in [0.2, 0.25) is 0 Å². The Labute approximate surface area is 117 Å². The Kier molecular flexibility index (Phi) is 4.60. The van der Waals surface area contributed by atoms with Crippen molar-refractivity contribution in [2.24, 2.45) is 5.41 Å². The third-order valence-electron chi connectivity index (χ3n) is 3.81. The van der Waals surface area contributed by atoms with Gasteiger partial charge in [0, 0.05) is 18.4 Å². The number of hydrogen-bond donors (Lipinski definition) is 2. The summed E-state index contributed by atoms with van der Waals surface area (Å²) in [5, 5.41) is 12.0. The molecule has 0 aliphatic heterocycles. The average Bonchev–Trinajstić information content (AvgIpc) is 3.24. The number of benzene rings is 1. The Morgan fingerprint density at radius 3 is 2.80 bits per heavy atom. The lowest BCUT2D eigenvalue weighted by Gasteiger charge is -2.12. The monoisotopic (exact) mass is 281 g/mol. The Hall–Kier alpha value is -1.62. The maximum Gasteiger partial charge on any atom is 0.220 e. The SMILES string of the molecule is COc1ccc(CCC(=O)NCC2(CO)CC2)cc1F. The second-order valence-corrected chi connectivity index (χ2v) is 5.40. The lowest BCUT2D eigenvalue weighted by atomic mass is 10.1. The normalized spacial score (nSPS) is 15.8. The zero-order chi connectivity index (χ0) is 14.6. The molecule has 0 saturated heterocycles. The van der Waals surface area contributed by atoms with Crippen LogP contribution in [0.4, 0.5) is 4.39 Å². The van der Waals surface area contributed by atoms with Crippen LogP contribution in [0.15, 0.2) is 18.2 Å². The van der Waals surface area contributed by atoms with Crippen molar-refractivity contribution in [2.45, 2.75) is 25.7 Å². The maximum atomic E-state index is 13.5. The Morgan fingerprint density at radius 2 is 2.25 bits per heavy atom. The molecule has 0 bridgehead atoms. The van der Waals surface area contributed by atoms with Crippen molar-refractivity contribution in [1.29, 1.82) is 0 Å². The smallest absolute Gasteiger partial charge is 0.220 e. The van der Waals surface area contributed by atoms with E-state index in [2.05, 4.69) is 5.32 Å². The Balaban J connectivity index is 1.77. The second kappa shape index (κ2) is 6.22. The van der Waals surface area contributed by atoms with Gasteiger partial charge in [0.2, 0.25) is 5.91 Å². The van der Waals surface area contributed by atoms with Crippen LogP contribution in [0.3, 0.4) is 0 Å². The van der Waals surface area contributed by atoms with Crippen LogP contribution in [0.5, 0.6) is 5.75 Å². The molecular weight excluding hydrogens is 261 g/mol. The van der Waals surface area contributed by atoms with Crippen LogP contribution in [-0.4, -0.2) is 31.3 Å². The number of aliphatic hydroxyl groups excluding tert-OH is 1. The fourth-order valence-corrected chi connectivity index (χ4v) is 2.07. The zero-order valence-corrected chi connectivity index (χ0v) is 11.6. The molecule has 0 aromatic heterocycles. The predicted molar refractivity (Wildman–Crippen MR) is 73.0 cm³/mol. The van der Waals surface area contributed by atoms with Gasteiger partial charge >= 0.3 is 0 Å². The standard InChI is InChI=1S/C15H20FNO3/c1-20-13-4-2-11(8-12(13)16)3-5-14(19)17-9-15(10-18)6-7-15/h2,4,8,18H,3,5-7,9-10H2,1H3,(H,17,19). The van der Waals surface area contributed by atoms with E-state index in [1.807, 2.05) is 0 Å². The molecule has 1 aliphatic carbocycles. The van der Waals surface area contributed by atoms with Crippen LogP contribution in [0, 0.1) is 11.2 Å². The highest BCUT2D eigenvalue weighted by Gasteiger charge is 2.41. The van der Waals surface area contributed by atoms with E-state index in [0.717, 1.165) is 18.4 Å². The highest BCUT2D eigenvalue weighted by molar-refractivity contribution is 5.76. The van der Waals surface area contributed by atoms with Crippen molar-refractivity contribution in [3.8, 4) is 5.75 Å². The zero-order valence-electron chi connectivity index (χ0n) is 11.6. The highest BCUT2D eigenvalue weighted by atomic mass is 19.1. The molecule has 1 aromatic carbocycles. The first-order chi connectivity index (χ1) is 9.58. The summed E-state index contributed by atoms with van der Waals surface area (Å²) in [5.74, 6) is -0.277. The molecule has 0 atom stereocenters. The fourth-order valence-electron chi connectivity index (χ4n) is 2.07. The molecule has 4 nitrogen and oxygen atoms in total. The number of hydrogen-bond acceptors (Lipinski definition) is 3. The molecule has 110 valence electrons. The van der Waals surface area contributed by atoms with Gasteiger partial charge in [-0.25, -0.2) is 4.39 Å². The third kappa shape index (κ3) is 3.70. The number of carbonyl (C=O) groups is 1. The van der Waals surface area contributed by atoms with Crippen molar-refractivity contribution in [3.05, 3.63) is 29.6 Å². The van der Waals surface area contributed by atoms with Gasteiger partial charge in [0.1, 0.15) is 0 Å². The van der Waals surface area contributed by atoms with E-state index in [0.29, 0.717) is 19.4 Å². The molecule has 2 rings (SSSR count). The molecule has 20 heavy (non-hydrogen) atoms. The molecule has 0 spiro atoms. The van der Waals surface area contributed by atoms with Crippen molar-refractivity contribution in [3.63, 3.8) is 0 Å². The van der Waals surface area contributed by atoms with E-state index >= 15 is 0 Å². The van der Waals surface area contributed by atoms with Gasteiger partial charge in [-0.3, -0.25) is 4.79 Å². The molecule has 0 radical (unpaired) electrons. The summed E-state index contributed by atoms with van der Waals surface area (Å²) in [6.45, 7) is 0.649. The number of aryl methyl sites for hydroxylation is 1. The molecule has 0 unspecified atom stereocenters. The van der Waals surface area contributed by atoms with Crippen LogP contribution in [-0.2, 0) is 11.2 Å². The van der Waals surface area contributed by atoms with Gasteiger partial charge in [0.15, 0.2) is 11.6 Å². The molecule has 1 amide bonds. The Bertz CT molecular complexity index is 486. The number of carbonyl (C=O) groups excluding carboxylic acids is 1. The first-order valence-electron chi connectivity index (χ1n) is 6.78. The van der Waals surface area contributed by atoms with Crippen LogP contribution in [0.25, 0.3) is 0 Å². The second-order valence-electron chi connectivity index (χ2n) is 5.40. The van der Waals surface area contributed by atoms with Crippen molar-refractivity contribution in [2.75, 3.05) is 20.3 Å². The van der Waals surface area contributed by atoms with Gasteiger partial charge in [-0.1, -0.05) is 6.07 Å². The van der Waals surface area contributed by atoms with Gasteiger partial charge in [0.25, 0.3) is 0 Å². The number of ether oxygens (including phenoxy) is 1. The summed E-state index contributed by atoms with van der Waals surface area (Å²) in [6, 6.07) is 4.71. The summed E-state index contributed by atoms with van der Waals surface area (Å²) in [6.07, 6.45) is 2.73. The van der Waals surface area contributed by atoms with Crippen LogP contribution < -0.4 is 10.1 Å². The summed E-state index contributed by atoms with van der Waals surface area (Å²) in [5.41, 5.74) is 0.684. The number of methoxy groups -OCH3 is 1. The maximum absolute atomic E-state index is 13.5. The topological polar surface area (TPSA) is 58.6 Å². The molecule has 2 N–H and O–H groups in total. The van der Waals surface area contributed by atoms with E-state index in [9.17, 15) is 9.18 Å². The molecule has 1 saturated carbocycles. The van der Waals surface area contributed by atoms with Crippen molar-refractivity contribution < 1.29 is 19.0 Å².